The fourth-order valence-corrected chi connectivity index (χ4v) is 1.76. The van der Waals surface area contributed by atoms with Gasteiger partial charge >= 0.3 is 0 Å². The van der Waals surface area contributed by atoms with Gasteiger partial charge in [-0.25, -0.2) is 0 Å². The molecule has 71 valence electrons. The highest BCUT2D eigenvalue weighted by Gasteiger charge is 2.14. The Balaban J connectivity index is 2.20. The molecule has 1 heteroatoms. The molecular formula is C11H21O. The molecule has 1 radical (unpaired) electrons. The maximum Gasteiger partial charge on any atom is 0.0579 e. The van der Waals surface area contributed by atoms with E-state index in [1.165, 1.54) is 38.5 Å². The summed E-state index contributed by atoms with van der Waals surface area (Å²) in [6, 6.07) is 0. The SMILES string of the molecule is C[CH]C(C)OC1CCCCCC1. The molecule has 0 aromatic heterocycles. The van der Waals surface area contributed by atoms with Crippen LogP contribution < -0.4 is 0 Å². The fraction of sp³-hybridized carbons (Fsp3) is 0.909. The summed E-state index contributed by atoms with van der Waals surface area (Å²) in [5.74, 6) is 0. The van der Waals surface area contributed by atoms with Crippen molar-refractivity contribution in [2.24, 2.45) is 0 Å². The van der Waals surface area contributed by atoms with Gasteiger partial charge in [-0.3, -0.25) is 0 Å². The van der Waals surface area contributed by atoms with Gasteiger partial charge in [0.05, 0.1) is 12.2 Å². The van der Waals surface area contributed by atoms with E-state index >= 15 is 0 Å². The predicted octanol–water partition coefficient (Wildman–Crippen LogP) is 3.34. The minimum atomic E-state index is 0.341. The highest BCUT2D eigenvalue weighted by atomic mass is 16.5. The average molecular weight is 169 g/mol. The molecule has 0 bridgehead atoms. The van der Waals surface area contributed by atoms with E-state index in [0.717, 1.165) is 0 Å². The highest BCUT2D eigenvalue weighted by molar-refractivity contribution is 4.71. The van der Waals surface area contributed by atoms with Crippen molar-refractivity contribution >= 4 is 0 Å². The molecule has 0 saturated heterocycles. The summed E-state index contributed by atoms with van der Waals surface area (Å²) < 4.78 is 5.86. The van der Waals surface area contributed by atoms with E-state index in [4.69, 9.17) is 4.74 Å². The van der Waals surface area contributed by atoms with E-state index in [1.807, 2.05) is 0 Å². The van der Waals surface area contributed by atoms with Gasteiger partial charge < -0.3 is 4.74 Å². The lowest BCUT2D eigenvalue weighted by Crippen LogP contribution is -2.18. The Morgan fingerprint density at radius 2 is 1.75 bits per heavy atom. The van der Waals surface area contributed by atoms with Crippen LogP contribution in [0.2, 0.25) is 0 Å². The topological polar surface area (TPSA) is 9.23 Å². The minimum absolute atomic E-state index is 0.341. The van der Waals surface area contributed by atoms with Gasteiger partial charge in [-0.15, -0.1) is 0 Å². The predicted molar refractivity (Wildman–Crippen MR) is 52.0 cm³/mol. The molecule has 0 N–H and O–H groups in total. The first-order valence-electron chi connectivity index (χ1n) is 5.28. The van der Waals surface area contributed by atoms with Crippen LogP contribution in [0.15, 0.2) is 0 Å². The summed E-state index contributed by atoms with van der Waals surface area (Å²) in [4.78, 5) is 0. The zero-order valence-electron chi connectivity index (χ0n) is 8.38. The van der Waals surface area contributed by atoms with Crippen LogP contribution in [-0.4, -0.2) is 12.2 Å². The third-order valence-electron chi connectivity index (χ3n) is 2.68. The second kappa shape index (κ2) is 5.58. The molecule has 1 atom stereocenters. The highest BCUT2D eigenvalue weighted by Crippen LogP contribution is 2.21. The Bertz CT molecular complexity index is 104. The molecule has 0 aromatic rings. The zero-order valence-corrected chi connectivity index (χ0v) is 8.38. The third-order valence-corrected chi connectivity index (χ3v) is 2.68. The number of hydrogen-bond donors (Lipinski definition) is 0. The Morgan fingerprint density at radius 1 is 1.17 bits per heavy atom. The Morgan fingerprint density at radius 3 is 2.25 bits per heavy atom. The van der Waals surface area contributed by atoms with E-state index in [2.05, 4.69) is 20.3 Å². The maximum absolute atomic E-state index is 5.86. The normalized spacial score (nSPS) is 23.5. The minimum Gasteiger partial charge on any atom is -0.375 e. The van der Waals surface area contributed by atoms with Crippen molar-refractivity contribution in [2.75, 3.05) is 0 Å². The largest absolute Gasteiger partial charge is 0.375 e. The first-order chi connectivity index (χ1) is 5.83. The number of rotatable bonds is 3. The van der Waals surface area contributed by atoms with Crippen molar-refractivity contribution in [1.82, 2.24) is 0 Å². The van der Waals surface area contributed by atoms with Gasteiger partial charge in [0.15, 0.2) is 0 Å². The molecular weight excluding hydrogens is 148 g/mol. The third kappa shape index (κ3) is 3.57. The number of ether oxygens (including phenoxy) is 1. The molecule has 1 fully saturated rings. The van der Waals surface area contributed by atoms with E-state index in [-0.39, 0.29) is 0 Å². The molecule has 0 aromatic carbocycles. The van der Waals surface area contributed by atoms with Crippen LogP contribution in [0.4, 0.5) is 0 Å². The van der Waals surface area contributed by atoms with Gasteiger partial charge in [-0.05, 0) is 26.2 Å². The van der Waals surface area contributed by atoms with Crippen LogP contribution in [0.5, 0.6) is 0 Å². The van der Waals surface area contributed by atoms with E-state index < -0.39 is 0 Å². The van der Waals surface area contributed by atoms with Gasteiger partial charge in [-0.1, -0.05) is 32.6 Å². The fourth-order valence-electron chi connectivity index (χ4n) is 1.76. The summed E-state index contributed by atoms with van der Waals surface area (Å²) in [6.45, 7) is 4.20. The lowest BCUT2D eigenvalue weighted by molar-refractivity contribution is 0.00672. The average Bonchev–Trinajstić information content (AvgIpc) is 2.33. The van der Waals surface area contributed by atoms with Crippen molar-refractivity contribution in [3.8, 4) is 0 Å². The van der Waals surface area contributed by atoms with Crippen molar-refractivity contribution in [1.29, 1.82) is 0 Å². The summed E-state index contributed by atoms with van der Waals surface area (Å²) in [7, 11) is 0. The molecule has 1 aliphatic carbocycles. The van der Waals surface area contributed by atoms with Gasteiger partial charge in [0.2, 0.25) is 0 Å². The number of hydrogen-bond acceptors (Lipinski definition) is 1. The van der Waals surface area contributed by atoms with Crippen LogP contribution in [-0.2, 0) is 4.74 Å². The maximum atomic E-state index is 5.86. The molecule has 1 aliphatic rings. The first kappa shape index (κ1) is 10.0. The standard InChI is InChI=1S/C11H21O/c1-3-10(2)12-11-8-6-4-5-7-9-11/h3,10-11H,4-9H2,1-2H3. The Labute approximate surface area is 76.5 Å². The molecule has 0 amide bonds. The second-order valence-corrected chi connectivity index (χ2v) is 3.79. The van der Waals surface area contributed by atoms with Crippen LogP contribution in [0, 0.1) is 6.42 Å². The van der Waals surface area contributed by atoms with E-state index in [9.17, 15) is 0 Å². The molecule has 0 aliphatic heterocycles. The Hall–Kier alpha value is -0.0400. The van der Waals surface area contributed by atoms with Crippen molar-refractivity contribution in [3.05, 3.63) is 6.42 Å². The van der Waals surface area contributed by atoms with Gasteiger partial charge in [0, 0.05) is 0 Å². The zero-order chi connectivity index (χ0) is 8.81. The molecule has 1 saturated carbocycles. The summed E-state index contributed by atoms with van der Waals surface area (Å²) in [5.41, 5.74) is 0. The second-order valence-electron chi connectivity index (χ2n) is 3.79. The van der Waals surface area contributed by atoms with Crippen LogP contribution in [0.1, 0.15) is 52.4 Å². The van der Waals surface area contributed by atoms with Crippen molar-refractivity contribution < 1.29 is 4.74 Å². The summed E-state index contributed by atoms with van der Waals surface area (Å²) in [5, 5.41) is 0. The lowest BCUT2D eigenvalue weighted by Gasteiger charge is -2.19. The van der Waals surface area contributed by atoms with E-state index in [1.54, 1.807) is 0 Å². The van der Waals surface area contributed by atoms with Gasteiger partial charge in [0.25, 0.3) is 0 Å². The summed E-state index contributed by atoms with van der Waals surface area (Å²) >= 11 is 0. The van der Waals surface area contributed by atoms with Crippen LogP contribution >= 0.6 is 0 Å². The monoisotopic (exact) mass is 169 g/mol. The first-order valence-corrected chi connectivity index (χ1v) is 5.28. The molecule has 12 heavy (non-hydrogen) atoms. The Kier molecular flexibility index (Phi) is 4.67. The van der Waals surface area contributed by atoms with Crippen molar-refractivity contribution in [3.63, 3.8) is 0 Å². The smallest absolute Gasteiger partial charge is 0.0579 e. The van der Waals surface area contributed by atoms with Gasteiger partial charge in [-0.2, -0.15) is 0 Å². The van der Waals surface area contributed by atoms with Crippen molar-refractivity contribution in [2.45, 2.75) is 64.6 Å². The van der Waals surface area contributed by atoms with Crippen LogP contribution in [0.3, 0.4) is 0 Å². The molecule has 1 unspecified atom stereocenters. The van der Waals surface area contributed by atoms with E-state index in [0.29, 0.717) is 12.2 Å². The van der Waals surface area contributed by atoms with Gasteiger partial charge in [0.1, 0.15) is 0 Å². The molecule has 1 rings (SSSR count). The molecule has 1 nitrogen and oxygen atoms in total. The molecule has 0 heterocycles. The molecule has 0 spiro atoms. The lowest BCUT2D eigenvalue weighted by atomic mass is 10.1. The summed E-state index contributed by atoms with van der Waals surface area (Å²) in [6.07, 6.45) is 11.1. The van der Waals surface area contributed by atoms with Crippen LogP contribution in [0.25, 0.3) is 0 Å². The quantitative estimate of drug-likeness (QED) is 0.589.